The number of nitrogens with one attached hydrogen (secondary N) is 1. The van der Waals surface area contributed by atoms with E-state index in [1.165, 1.54) is 24.2 Å². The molecule has 1 heterocycles. The van der Waals surface area contributed by atoms with Crippen LogP contribution in [0.25, 0.3) is 0 Å². The Labute approximate surface area is 117 Å². The van der Waals surface area contributed by atoms with E-state index in [1.54, 1.807) is 0 Å². The summed E-state index contributed by atoms with van der Waals surface area (Å²) in [5.41, 5.74) is 0. The van der Waals surface area contributed by atoms with Crippen molar-refractivity contribution in [2.75, 3.05) is 6.54 Å². The molecule has 1 saturated heterocycles. The van der Waals surface area contributed by atoms with Crippen LogP contribution in [0.4, 0.5) is 4.79 Å². The summed E-state index contributed by atoms with van der Waals surface area (Å²) in [6.45, 7) is 0.123. The van der Waals surface area contributed by atoms with Crippen molar-refractivity contribution in [3.63, 3.8) is 0 Å². The molecule has 4 fully saturated rings. The number of urea groups is 1. The Kier molecular flexibility index (Phi) is 2.55. The third-order valence-electron chi connectivity index (χ3n) is 5.85. The number of β-amino-alcohol motifs (C(OH)–C–C–N with tert-alkyl or cyclic N) is 1. The van der Waals surface area contributed by atoms with Crippen molar-refractivity contribution in [3.05, 3.63) is 0 Å². The molecule has 2 amide bonds. The molecule has 3 N–H and O–H groups in total. The second-order valence-electron chi connectivity index (χ2n) is 6.86. The van der Waals surface area contributed by atoms with Gasteiger partial charge in [0.2, 0.25) is 0 Å². The fourth-order valence-corrected chi connectivity index (χ4v) is 5.02. The van der Waals surface area contributed by atoms with E-state index < -0.39 is 18.1 Å². The van der Waals surface area contributed by atoms with Gasteiger partial charge in [0.1, 0.15) is 6.04 Å². The number of aliphatic carboxylic acids is 1. The molecule has 0 aromatic heterocycles. The summed E-state index contributed by atoms with van der Waals surface area (Å²) in [4.78, 5) is 24.7. The lowest BCUT2D eigenvalue weighted by Gasteiger charge is -2.22. The molecule has 110 valence electrons. The standard InChI is InChI=1S/C14H20N2O4/c17-8-4-9(13(18)19)16(5-8)14(20)15-12-10-6-1-2-7(3-6)11(10)12/h6-12,17H,1-5H2,(H,15,20)(H,18,19)/t6?,7?,8-,9-,10?,11?,12?/m1/s1. The molecule has 20 heavy (non-hydrogen) atoms. The minimum Gasteiger partial charge on any atom is -0.480 e. The van der Waals surface area contributed by atoms with Crippen molar-refractivity contribution >= 4 is 12.0 Å². The summed E-state index contributed by atoms with van der Waals surface area (Å²) in [6.07, 6.45) is 3.31. The molecule has 3 aliphatic carbocycles. The molecule has 0 radical (unpaired) electrons. The average Bonchev–Trinajstić information content (AvgIpc) is 2.81. The number of carbonyl (C=O) groups is 2. The maximum atomic E-state index is 12.3. The lowest BCUT2D eigenvalue weighted by atomic mass is 10.0. The number of nitrogens with zero attached hydrogens (tertiary/aromatic N) is 1. The van der Waals surface area contributed by atoms with Gasteiger partial charge in [0.25, 0.3) is 0 Å². The lowest BCUT2D eigenvalue weighted by molar-refractivity contribution is -0.141. The predicted octanol–water partition coefficient (Wildman–Crippen LogP) is 0.260. The molecule has 6 atom stereocenters. The third-order valence-corrected chi connectivity index (χ3v) is 5.85. The smallest absolute Gasteiger partial charge is 0.326 e. The number of aliphatic hydroxyl groups excluding tert-OH is 1. The summed E-state index contributed by atoms with van der Waals surface area (Å²) < 4.78 is 0. The van der Waals surface area contributed by atoms with E-state index in [2.05, 4.69) is 5.32 Å². The summed E-state index contributed by atoms with van der Waals surface area (Å²) in [5, 5.41) is 21.7. The molecule has 4 rings (SSSR count). The zero-order valence-electron chi connectivity index (χ0n) is 11.2. The minimum absolute atomic E-state index is 0.123. The first-order valence-electron chi connectivity index (χ1n) is 7.54. The molecular weight excluding hydrogens is 260 g/mol. The SMILES string of the molecule is O=C(O)[C@H]1C[C@@H](O)CN1C(=O)NC1C2C3CCC(C3)C12. The average molecular weight is 280 g/mol. The molecule has 4 aliphatic rings. The van der Waals surface area contributed by atoms with Crippen LogP contribution in [0.3, 0.4) is 0 Å². The van der Waals surface area contributed by atoms with Crippen molar-refractivity contribution in [2.24, 2.45) is 23.7 Å². The summed E-state index contributed by atoms with van der Waals surface area (Å²) in [6, 6.07) is -0.950. The molecule has 1 aliphatic heterocycles. The number of fused-ring (bicyclic) bond motifs is 5. The van der Waals surface area contributed by atoms with Gasteiger partial charge < -0.3 is 20.4 Å². The Morgan fingerprint density at radius 2 is 1.75 bits per heavy atom. The highest BCUT2D eigenvalue weighted by Crippen LogP contribution is 2.65. The number of hydrogen-bond acceptors (Lipinski definition) is 3. The van der Waals surface area contributed by atoms with Gasteiger partial charge in [-0.05, 0) is 42.9 Å². The van der Waals surface area contributed by atoms with Crippen LogP contribution in [-0.4, -0.2) is 51.8 Å². The Hall–Kier alpha value is -1.30. The maximum absolute atomic E-state index is 12.3. The predicted molar refractivity (Wildman–Crippen MR) is 68.9 cm³/mol. The van der Waals surface area contributed by atoms with Crippen molar-refractivity contribution in [1.82, 2.24) is 10.2 Å². The fraction of sp³-hybridized carbons (Fsp3) is 0.857. The number of carbonyl (C=O) groups excluding carboxylic acids is 1. The molecular formula is C14H20N2O4. The first-order chi connectivity index (χ1) is 9.56. The van der Waals surface area contributed by atoms with E-state index in [9.17, 15) is 14.7 Å². The molecule has 4 unspecified atom stereocenters. The molecule has 0 aromatic rings. The topological polar surface area (TPSA) is 89.9 Å². The van der Waals surface area contributed by atoms with E-state index in [4.69, 9.17) is 5.11 Å². The maximum Gasteiger partial charge on any atom is 0.326 e. The van der Waals surface area contributed by atoms with Crippen molar-refractivity contribution in [1.29, 1.82) is 0 Å². The number of carboxylic acids is 1. The normalized spacial score (nSPS) is 48.2. The number of rotatable bonds is 2. The van der Waals surface area contributed by atoms with Gasteiger partial charge in [0.05, 0.1) is 6.10 Å². The lowest BCUT2D eigenvalue weighted by Crippen LogP contribution is -2.47. The number of aliphatic hydroxyl groups is 1. The first-order valence-corrected chi connectivity index (χ1v) is 7.54. The van der Waals surface area contributed by atoms with Gasteiger partial charge in [0.15, 0.2) is 0 Å². The molecule has 2 bridgehead atoms. The van der Waals surface area contributed by atoms with E-state index in [1.807, 2.05) is 0 Å². The van der Waals surface area contributed by atoms with E-state index in [0.29, 0.717) is 11.8 Å². The fourth-order valence-electron chi connectivity index (χ4n) is 5.02. The highest BCUT2D eigenvalue weighted by Gasteiger charge is 2.65. The van der Waals surface area contributed by atoms with Gasteiger partial charge in [-0.3, -0.25) is 0 Å². The van der Waals surface area contributed by atoms with Crippen LogP contribution in [0.2, 0.25) is 0 Å². The van der Waals surface area contributed by atoms with Crippen LogP contribution in [-0.2, 0) is 4.79 Å². The summed E-state index contributed by atoms with van der Waals surface area (Å²) in [7, 11) is 0. The van der Waals surface area contributed by atoms with Crippen LogP contribution < -0.4 is 5.32 Å². The number of amides is 2. The minimum atomic E-state index is -1.03. The molecule has 0 spiro atoms. The van der Waals surface area contributed by atoms with Gasteiger partial charge in [-0.25, -0.2) is 9.59 Å². The monoisotopic (exact) mass is 280 g/mol. The van der Waals surface area contributed by atoms with E-state index in [-0.39, 0.29) is 25.0 Å². The second kappa shape index (κ2) is 4.10. The highest BCUT2D eigenvalue weighted by molar-refractivity contribution is 5.83. The highest BCUT2D eigenvalue weighted by atomic mass is 16.4. The zero-order chi connectivity index (χ0) is 14.0. The Morgan fingerprint density at radius 1 is 1.10 bits per heavy atom. The first kappa shape index (κ1) is 12.4. The van der Waals surface area contributed by atoms with Gasteiger partial charge in [0, 0.05) is 19.0 Å². The Balaban J connectivity index is 1.40. The van der Waals surface area contributed by atoms with Crippen LogP contribution in [0.15, 0.2) is 0 Å². The molecule has 6 heteroatoms. The Bertz CT molecular complexity index is 452. The van der Waals surface area contributed by atoms with Gasteiger partial charge >= 0.3 is 12.0 Å². The van der Waals surface area contributed by atoms with Crippen molar-refractivity contribution < 1.29 is 19.8 Å². The van der Waals surface area contributed by atoms with Crippen LogP contribution in [0.5, 0.6) is 0 Å². The summed E-state index contributed by atoms with van der Waals surface area (Å²) >= 11 is 0. The van der Waals surface area contributed by atoms with Crippen molar-refractivity contribution in [2.45, 2.75) is 43.9 Å². The zero-order valence-corrected chi connectivity index (χ0v) is 11.2. The molecule has 0 aromatic carbocycles. The quantitative estimate of drug-likeness (QED) is 0.677. The van der Waals surface area contributed by atoms with Gasteiger partial charge in [-0.2, -0.15) is 0 Å². The van der Waals surface area contributed by atoms with Gasteiger partial charge in [-0.15, -0.1) is 0 Å². The van der Waals surface area contributed by atoms with Crippen molar-refractivity contribution in [3.8, 4) is 0 Å². The van der Waals surface area contributed by atoms with E-state index in [0.717, 1.165) is 11.8 Å². The van der Waals surface area contributed by atoms with Crippen LogP contribution in [0.1, 0.15) is 25.7 Å². The van der Waals surface area contributed by atoms with Crippen LogP contribution in [0, 0.1) is 23.7 Å². The Morgan fingerprint density at radius 3 is 2.35 bits per heavy atom. The second-order valence-corrected chi connectivity index (χ2v) is 6.86. The number of hydrogen-bond donors (Lipinski definition) is 3. The number of carboxylic acid groups (broad SMARTS) is 1. The summed E-state index contributed by atoms with van der Waals surface area (Å²) in [5.74, 6) is 1.78. The molecule has 3 saturated carbocycles. The third kappa shape index (κ3) is 1.67. The van der Waals surface area contributed by atoms with Crippen LogP contribution >= 0.6 is 0 Å². The number of likely N-dealkylation sites (tertiary alicyclic amines) is 1. The van der Waals surface area contributed by atoms with E-state index >= 15 is 0 Å². The largest absolute Gasteiger partial charge is 0.480 e. The van der Waals surface area contributed by atoms with Gasteiger partial charge in [-0.1, -0.05) is 0 Å². The molecule has 6 nitrogen and oxygen atoms in total.